The molecule has 0 bridgehead atoms. The van der Waals surface area contributed by atoms with Gasteiger partial charge in [0.1, 0.15) is 0 Å². The van der Waals surface area contributed by atoms with E-state index in [0.717, 1.165) is 26.1 Å². The summed E-state index contributed by atoms with van der Waals surface area (Å²) in [7, 11) is 0. The SMILES string of the molecule is CCNC(CO)CN1CC(C)Cc2ccccc21. The number of nitrogens with one attached hydrogen (secondary N) is 1. The zero-order chi connectivity index (χ0) is 13.0. The second kappa shape index (κ2) is 6.21. The van der Waals surface area contributed by atoms with Gasteiger partial charge in [0.25, 0.3) is 0 Å². The van der Waals surface area contributed by atoms with Crippen molar-refractivity contribution < 1.29 is 5.11 Å². The molecule has 0 aliphatic carbocycles. The number of aliphatic hydroxyl groups excluding tert-OH is 1. The van der Waals surface area contributed by atoms with Gasteiger partial charge in [-0.15, -0.1) is 0 Å². The molecule has 18 heavy (non-hydrogen) atoms. The van der Waals surface area contributed by atoms with Crippen molar-refractivity contribution in [3.63, 3.8) is 0 Å². The molecule has 0 spiro atoms. The van der Waals surface area contributed by atoms with Crippen molar-refractivity contribution in [1.82, 2.24) is 5.32 Å². The number of hydrogen-bond acceptors (Lipinski definition) is 3. The number of rotatable bonds is 5. The van der Waals surface area contributed by atoms with Crippen molar-refractivity contribution in [1.29, 1.82) is 0 Å². The maximum atomic E-state index is 9.41. The number of nitrogens with zero attached hydrogens (tertiary/aromatic N) is 1. The Kier molecular flexibility index (Phi) is 4.61. The molecule has 2 atom stereocenters. The normalized spacial score (nSPS) is 20.6. The third-order valence-corrected chi connectivity index (χ3v) is 3.59. The van der Waals surface area contributed by atoms with Crippen LogP contribution in [0.1, 0.15) is 19.4 Å². The van der Waals surface area contributed by atoms with Crippen LogP contribution >= 0.6 is 0 Å². The van der Waals surface area contributed by atoms with Gasteiger partial charge in [0.2, 0.25) is 0 Å². The molecule has 1 aromatic carbocycles. The van der Waals surface area contributed by atoms with Gasteiger partial charge in [0, 0.05) is 24.8 Å². The summed E-state index contributed by atoms with van der Waals surface area (Å²) >= 11 is 0. The quantitative estimate of drug-likeness (QED) is 0.832. The molecule has 3 heteroatoms. The fourth-order valence-corrected chi connectivity index (χ4v) is 2.82. The van der Waals surface area contributed by atoms with Gasteiger partial charge in [-0.3, -0.25) is 0 Å². The predicted octanol–water partition coefficient (Wildman–Crippen LogP) is 1.66. The van der Waals surface area contributed by atoms with Crippen LogP contribution in [0.3, 0.4) is 0 Å². The van der Waals surface area contributed by atoms with E-state index in [4.69, 9.17) is 0 Å². The van der Waals surface area contributed by atoms with E-state index in [0.29, 0.717) is 5.92 Å². The lowest BCUT2D eigenvalue weighted by Crippen LogP contribution is -2.46. The van der Waals surface area contributed by atoms with E-state index >= 15 is 0 Å². The number of anilines is 1. The zero-order valence-corrected chi connectivity index (χ0v) is 11.4. The maximum absolute atomic E-state index is 9.41. The molecule has 0 amide bonds. The molecule has 100 valence electrons. The summed E-state index contributed by atoms with van der Waals surface area (Å²) < 4.78 is 0. The molecule has 1 aliphatic heterocycles. The number of para-hydroxylation sites is 1. The Labute approximate surface area is 110 Å². The summed E-state index contributed by atoms with van der Waals surface area (Å²) in [6.07, 6.45) is 1.16. The monoisotopic (exact) mass is 248 g/mol. The minimum Gasteiger partial charge on any atom is -0.395 e. The smallest absolute Gasteiger partial charge is 0.0601 e. The molecule has 0 saturated carbocycles. The van der Waals surface area contributed by atoms with Crippen molar-refractivity contribution in [2.24, 2.45) is 5.92 Å². The van der Waals surface area contributed by atoms with E-state index in [9.17, 15) is 5.11 Å². The summed E-state index contributed by atoms with van der Waals surface area (Å²) in [5, 5.41) is 12.7. The molecule has 0 radical (unpaired) electrons. The van der Waals surface area contributed by atoms with Gasteiger partial charge in [-0.1, -0.05) is 32.0 Å². The van der Waals surface area contributed by atoms with Crippen LogP contribution in [0.25, 0.3) is 0 Å². The van der Waals surface area contributed by atoms with E-state index in [1.807, 2.05) is 0 Å². The summed E-state index contributed by atoms with van der Waals surface area (Å²) in [6.45, 7) is 7.43. The highest BCUT2D eigenvalue weighted by Crippen LogP contribution is 2.29. The molecule has 3 nitrogen and oxygen atoms in total. The van der Waals surface area contributed by atoms with Gasteiger partial charge >= 0.3 is 0 Å². The molecule has 2 rings (SSSR count). The van der Waals surface area contributed by atoms with E-state index in [1.54, 1.807) is 0 Å². The van der Waals surface area contributed by atoms with Gasteiger partial charge in [0.15, 0.2) is 0 Å². The summed E-state index contributed by atoms with van der Waals surface area (Å²) in [5.41, 5.74) is 2.77. The topological polar surface area (TPSA) is 35.5 Å². The van der Waals surface area contributed by atoms with Crippen LogP contribution in [-0.4, -0.2) is 37.4 Å². The van der Waals surface area contributed by atoms with Crippen LogP contribution in [0, 0.1) is 5.92 Å². The van der Waals surface area contributed by atoms with Crippen molar-refractivity contribution in [3.05, 3.63) is 29.8 Å². The highest BCUT2D eigenvalue weighted by Gasteiger charge is 2.23. The second-order valence-corrected chi connectivity index (χ2v) is 5.28. The van der Waals surface area contributed by atoms with Gasteiger partial charge in [0.05, 0.1) is 6.61 Å². The summed E-state index contributed by atoms with van der Waals surface area (Å²) in [5.74, 6) is 0.681. The molecule has 1 aliphatic rings. The maximum Gasteiger partial charge on any atom is 0.0601 e. The third kappa shape index (κ3) is 3.03. The second-order valence-electron chi connectivity index (χ2n) is 5.28. The van der Waals surface area contributed by atoms with Crippen LogP contribution in [-0.2, 0) is 6.42 Å². The number of benzene rings is 1. The molecular weight excluding hydrogens is 224 g/mol. The van der Waals surface area contributed by atoms with Crippen molar-refractivity contribution >= 4 is 5.69 Å². The number of hydrogen-bond donors (Lipinski definition) is 2. The Morgan fingerprint density at radius 3 is 2.94 bits per heavy atom. The zero-order valence-electron chi connectivity index (χ0n) is 11.4. The lowest BCUT2D eigenvalue weighted by molar-refractivity contribution is 0.244. The minimum absolute atomic E-state index is 0.161. The van der Waals surface area contributed by atoms with Gasteiger partial charge in [-0.05, 0) is 30.5 Å². The third-order valence-electron chi connectivity index (χ3n) is 3.59. The molecule has 0 aromatic heterocycles. The first kappa shape index (κ1) is 13.4. The Morgan fingerprint density at radius 2 is 2.22 bits per heavy atom. The molecular formula is C15H24N2O. The highest BCUT2D eigenvalue weighted by molar-refractivity contribution is 5.55. The minimum atomic E-state index is 0.161. The van der Waals surface area contributed by atoms with Gasteiger partial charge < -0.3 is 15.3 Å². The van der Waals surface area contributed by atoms with E-state index in [1.165, 1.54) is 11.3 Å². The summed E-state index contributed by atoms with van der Waals surface area (Å²) in [6, 6.07) is 8.79. The van der Waals surface area contributed by atoms with Crippen molar-refractivity contribution in [3.8, 4) is 0 Å². The van der Waals surface area contributed by atoms with Gasteiger partial charge in [-0.2, -0.15) is 0 Å². The van der Waals surface area contributed by atoms with E-state index in [2.05, 4.69) is 48.3 Å². The predicted molar refractivity (Wildman–Crippen MR) is 76.1 cm³/mol. The Morgan fingerprint density at radius 1 is 1.44 bits per heavy atom. The average molecular weight is 248 g/mol. The largest absolute Gasteiger partial charge is 0.395 e. The fraction of sp³-hybridized carbons (Fsp3) is 0.600. The Balaban J connectivity index is 2.13. The van der Waals surface area contributed by atoms with Crippen molar-refractivity contribution in [2.75, 3.05) is 31.1 Å². The first-order chi connectivity index (χ1) is 8.74. The van der Waals surface area contributed by atoms with Crippen LogP contribution < -0.4 is 10.2 Å². The molecule has 0 saturated heterocycles. The van der Waals surface area contributed by atoms with Crippen LogP contribution in [0.4, 0.5) is 5.69 Å². The lowest BCUT2D eigenvalue weighted by atomic mass is 9.93. The first-order valence-corrected chi connectivity index (χ1v) is 6.91. The molecule has 2 unspecified atom stereocenters. The van der Waals surface area contributed by atoms with Crippen LogP contribution in [0.5, 0.6) is 0 Å². The highest BCUT2D eigenvalue weighted by atomic mass is 16.3. The molecule has 1 heterocycles. The Bertz CT molecular complexity index is 381. The van der Waals surface area contributed by atoms with E-state index < -0.39 is 0 Å². The van der Waals surface area contributed by atoms with E-state index in [-0.39, 0.29) is 12.6 Å². The van der Waals surface area contributed by atoms with Crippen molar-refractivity contribution in [2.45, 2.75) is 26.3 Å². The van der Waals surface area contributed by atoms with Crippen LogP contribution in [0.15, 0.2) is 24.3 Å². The van der Waals surface area contributed by atoms with Crippen LogP contribution in [0.2, 0.25) is 0 Å². The van der Waals surface area contributed by atoms with Gasteiger partial charge in [-0.25, -0.2) is 0 Å². The fourth-order valence-electron chi connectivity index (χ4n) is 2.82. The first-order valence-electron chi connectivity index (χ1n) is 6.91. The molecule has 1 aromatic rings. The lowest BCUT2D eigenvalue weighted by Gasteiger charge is -2.37. The average Bonchev–Trinajstić information content (AvgIpc) is 2.38. The molecule has 0 fully saturated rings. The Hall–Kier alpha value is -1.06. The number of likely N-dealkylation sites (N-methyl/N-ethyl adjacent to an activating group) is 1. The molecule has 2 N–H and O–H groups in total. The number of aliphatic hydroxyl groups is 1. The standard InChI is InChI=1S/C15H24N2O/c1-3-16-14(11-18)10-17-9-12(2)8-13-6-4-5-7-15(13)17/h4-7,12,14,16,18H,3,8-11H2,1-2H3. The number of fused-ring (bicyclic) bond motifs is 1. The summed E-state index contributed by atoms with van der Waals surface area (Å²) in [4.78, 5) is 2.41.